The number of hydrogen-bond acceptors (Lipinski definition) is 4. The van der Waals surface area contributed by atoms with E-state index in [1.54, 1.807) is 17.1 Å². The first-order valence-electron chi connectivity index (χ1n) is 7.45. The summed E-state index contributed by atoms with van der Waals surface area (Å²) < 4.78 is 0.679. The summed E-state index contributed by atoms with van der Waals surface area (Å²) in [6, 6.07) is 1.73. The maximum atomic E-state index is 11.3. The molecule has 24 heavy (non-hydrogen) atoms. The molecule has 0 atom stereocenters. The van der Waals surface area contributed by atoms with E-state index in [4.69, 9.17) is 23.2 Å². The Morgan fingerprint density at radius 2 is 2.21 bits per heavy atom. The maximum Gasteiger partial charge on any atom is 0.309 e. The SMILES string of the molecule is O=C(O)CC1=C2CCCN2CN1n1cc2c(Cl)cc(Br)c(Cl)c2n1. The highest BCUT2D eigenvalue weighted by Gasteiger charge is 2.34. The predicted octanol–water partition coefficient (Wildman–Crippen LogP) is 3.80. The number of carboxylic acid groups (broad SMARTS) is 1. The second-order valence-electron chi connectivity index (χ2n) is 5.84. The molecular formula is C15H13BrCl2N4O2. The number of aromatic nitrogens is 2. The molecule has 1 aromatic carbocycles. The van der Waals surface area contributed by atoms with Gasteiger partial charge < -0.3 is 10.0 Å². The number of halogens is 3. The Morgan fingerprint density at radius 3 is 2.96 bits per heavy atom. The zero-order chi connectivity index (χ0) is 17.0. The number of rotatable bonds is 3. The average molecular weight is 432 g/mol. The fourth-order valence-corrected chi connectivity index (χ4v) is 4.31. The van der Waals surface area contributed by atoms with Crippen molar-refractivity contribution in [3.63, 3.8) is 0 Å². The Balaban J connectivity index is 1.82. The molecule has 4 rings (SSSR count). The molecule has 2 aliphatic rings. The van der Waals surface area contributed by atoms with Crippen LogP contribution in [0.15, 0.2) is 28.1 Å². The Labute approximate surface area is 156 Å². The zero-order valence-electron chi connectivity index (χ0n) is 12.5. The van der Waals surface area contributed by atoms with Crippen LogP contribution in [0.2, 0.25) is 10.0 Å². The van der Waals surface area contributed by atoms with Crippen molar-refractivity contribution in [1.82, 2.24) is 14.8 Å². The molecule has 9 heteroatoms. The van der Waals surface area contributed by atoms with Gasteiger partial charge in [0.2, 0.25) is 0 Å². The maximum absolute atomic E-state index is 11.3. The van der Waals surface area contributed by atoms with Crippen LogP contribution in [0.1, 0.15) is 19.3 Å². The van der Waals surface area contributed by atoms with Gasteiger partial charge in [-0.05, 0) is 34.8 Å². The van der Waals surface area contributed by atoms with E-state index < -0.39 is 5.97 Å². The third kappa shape index (κ3) is 2.46. The lowest BCUT2D eigenvalue weighted by molar-refractivity contribution is -0.136. The lowest BCUT2D eigenvalue weighted by atomic mass is 10.2. The zero-order valence-corrected chi connectivity index (χ0v) is 15.6. The number of benzene rings is 1. The first-order chi connectivity index (χ1) is 11.5. The topological polar surface area (TPSA) is 61.6 Å². The molecular weight excluding hydrogens is 419 g/mol. The Kier molecular flexibility index (Phi) is 3.89. The van der Waals surface area contributed by atoms with E-state index in [9.17, 15) is 9.90 Å². The molecule has 0 aliphatic carbocycles. The van der Waals surface area contributed by atoms with E-state index in [2.05, 4.69) is 25.9 Å². The fraction of sp³-hybridized carbons (Fsp3) is 0.333. The van der Waals surface area contributed by atoms with Crippen LogP contribution >= 0.6 is 39.1 Å². The van der Waals surface area contributed by atoms with Crippen LogP contribution in [0.3, 0.4) is 0 Å². The van der Waals surface area contributed by atoms with Crippen LogP contribution in [0.4, 0.5) is 0 Å². The molecule has 0 saturated carbocycles. The molecule has 0 bridgehead atoms. The number of fused-ring (bicyclic) bond motifs is 2. The van der Waals surface area contributed by atoms with Crippen molar-refractivity contribution in [3.8, 4) is 0 Å². The summed E-state index contributed by atoms with van der Waals surface area (Å²) in [6.07, 6.45) is 3.71. The van der Waals surface area contributed by atoms with Crippen LogP contribution < -0.4 is 5.01 Å². The van der Waals surface area contributed by atoms with Gasteiger partial charge in [-0.1, -0.05) is 23.2 Å². The van der Waals surface area contributed by atoms with Gasteiger partial charge in [-0.3, -0.25) is 4.79 Å². The number of carboxylic acids is 1. The first-order valence-corrected chi connectivity index (χ1v) is 9.00. The monoisotopic (exact) mass is 430 g/mol. The minimum absolute atomic E-state index is 0.0345. The van der Waals surface area contributed by atoms with Crippen molar-refractivity contribution in [2.24, 2.45) is 0 Å². The number of allylic oxidation sites excluding steroid dienone is 1. The lowest BCUT2D eigenvalue weighted by Crippen LogP contribution is -2.36. The van der Waals surface area contributed by atoms with Crippen molar-refractivity contribution in [3.05, 3.63) is 38.2 Å². The van der Waals surface area contributed by atoms with Gasteiger partial charge in [0.1, 0.15) is 12.2 Å². The molecule has 0 amide bonds. The molecule has 2 aliphatic heterocycles. The molecule has 2 aromatic rings. The van der Waals surface area contributed by atoms with Crippen molar-refractivity contribution < 1.29 is 9.90 Å². The van der Waals surface area contributed by atoms with E-state index >= 15 is 0 Å². The molecule has 1 aromatic heterocycles. The van der Waals surface area contributed by atoms with Crippen LogP contribution in [0, 0.1) is 0 Å². The molecule has 1 fully saturated rings. The number of carbonyl (C=O) groups is 1. The van der Waals surface area contributed by atoms with E-state index in [1.807, 2.05) is 5.01 Å². The van der Waals surface area contributed by atoms with E-state index in [1.165, 1.54) is 0 Å². The summed E-state index contributed by atoms with van der Waals surface area (Å²) >= 11 is 16.0. The summed E-state index contributed by atoms with van der Waals surface area (Å²) in [5.74, 6) is -0.855. The molecule has 1 N–H and O–H groups in total. The third-order valence-electron chi connectivity index (χ3n) is 4.37. The predicted molar refractivity (Wildman–Crippen MR) is 95.8 cm³/mol. The second kappa shape index (κ2) is 5.82. The highest BCUT2D eigenvalue weighted by atomic mass is 79.9. The van der Waals surface area contributed by atoms with Gasteiger partial charge in [0, 0.05) is 22.1 Å². The minimum atomic E-state index is -0.855. The lowest BCUT2D eigenvalue weighted by Gasteiger charge is -2.22. The quantitative estimate of drug-likeness (QED) is 0.749. The fourth-order valence-electron chi connectivity index (χ4n) is 3.32. The molecule has 1 saturated heterocycles. The molecule has 0 radical (unpaired) electrons. The summed E-state index contributed by atoms with van der Waals surface area (Å²) in [4.78, 5) is 15.1. The van der Waals surface area contributed by atoms with Gasteiger partial charge in [-0.25, -0.2) is 5.01 Å². The Morgan fingerprint density at radius 1 is 1.42 bits per heavy atom. The van der Waals surface area contributed by atoms with E-state index in [0.29, 0.717) is 26.7 Å². The van der Waals surface area contributed by atoms with Crippen molar-refractivity contribution in [2.75, 3.05) is 18.2 Å². The molecule has 0 unspecified atom stereocenters. The Hall–Kier alpha value is -1.44. The first kappa shape index (κ1) is 16.1. The summed E-state index contributed by atoms with van der Waals surface area (Å²) in [5, 5.41) is 17.4. The van der Waals surface area contributed by atoms with Gasteiger partial charge in [-0.2, -0.15) is 9.89 Å². The van der Waals surface area contributed by atoms with Gasteiger partial charge in [0.15, 0.2) is 0 Å². The highest BCUT2D eigenvalue weighted by molar-refractivity contribution is 9.10. The highest BCUT2D eigenvalue weighted by Crippen LogP contribution is 2.37. The molecule has 126 valence electrons. The van der Waals surface area contributed by atoms with Crippen LogP contribution in [0.25, 0.3) is 10.9 Å². The number of aliphatic carboxylic acids is 1. The van der Waals surface area contributed by atoms with Crippen LogP contribution in [0.5, 0.6) is 0 Å². The van der Waals surface area contributed by atoms with Crippen molar-refractivity contribution in [1.29, 1.82) is 0 Å². The summed E-state index contributed by atoms with van der Waals surface area (Å²) in [5.41, 5.74) is 2.46. The normalized spacial score (nSPS) is 17.3. The molecule has 0 spiro atoms. The van der Waals surface area contributed by atoms with Gasteiger partial charge in [0.25, 0.3) is 0 Å². The smallest absolute Gasteiger partial charge is 0.309 e. The summed E-state index contributed by atoms with van der Waals surface area (Å²) in [7, 11) is 0. The van der Waals surface area contributed by atoms with Crippen LogP contribution in [-0.2, 0) is 4.79 Å². The van der Waals surface area contributed by atoms with E-state index in [0.717, 1.165) is 36.2 Å². The van der Waals surface area contributed by atoms with Gasteiger partial charge >= 0.3 is 5.97 Å². The van der Waals surface area contributed by atoms with Gasteiger partial charge in [0.05, 0.1) is 28.4 Å². The number of nitrogens with zero attached hydrogens (tertiary/aromatic N) is 4. The number of hydrogen-bond donors (Lipinski definition) is 1. The Bertz CT molecular complexity index is 895. The minimum Gasteiger partial charge on any atom is -0.481 e. The van der Waals surface area contributed by atoms with Crippen molar-refractivity contribution in [2.45, 2.75) is 19.3 Å². The largest absolute Gasteiger partial charge is 0.481 e. The van der Waals surface area contributed by atoms with Crippen LogP contribution in [-0.4, -0.2) is 39.1 Å². The summed E-state index contributed by atoms with van der Waals surface area (Å²) in [6.45, 7) is 1.52. The average Bonchev–Trinajstić information content (AvgIpc) is 3.19. The molecule has 6 nitrogen and oxygen atoms in total. The third-order valence-corrected chi connectivity index (χ3v) is 5.92. The second-order valence-corrected chi connectivity index (χ2v) is 7.48. The van der Waals surface area contributed by atoms with Gasteiger partial charge in [-0.15, -0.1) is 0 Å². The van der Waals surface area contributed by atoms with E-state index in [-0.39, 0.29) is 6.42 Å². The van der Waals surface area contributed by atoms with Crippen molar-refractivity contribution >= 4 is 56.0 Å². The molecule has 3 heterocycles. The standard InChI is InChI=1S/C15H13BrCl2N4O2/c16-9-4-10(17)8-6-22(19-15(8)14(9)18)21-7-20-3-1-2-11(20)12(21)5-13(23)24/h4,6H,1-3,5,7H2,(H,23,24).